The van der Waals surface area contributed by atoms with Crippen molar-refractivity contribution in [3.63, 3.8) is 0 Å². The van der Waals surface area contributed by atoms with E-state index in [1.54, 1.807) is 19.2 Å². The van der Waals surface area contributed by atoms with E-state index >= 15 is 0 Å². The molecule has 0 amide bonds. The number of halogens is 2. The first-order valence-corrected chi connectivity index (χ1v) is 5.27. The summed E-state index contributed by atoms with van der Waals surface area (Å²) in [6.07, 6.45) is 0. The van der Waals surface area contributed by atoms with E-state index in [9.17, 15) is 4.79 Å². The maximum absolute atomic E-state index is 10.9. The zero-order chi connectivity index (χ0) is 11.3. The molecule has 3 nitrogen and oxygen atoms in total. The number of anilines is 1. The standard InChI is InChI=1S/C10H11Cl2NO2/c1-13-10-7(3-2-4-8(10)12)6-15-9(14)5-11/h2-4,13H,5-6H2,1H3. The summed E-state index contributed by atoms with van der Waals surface area (Å²) in [7, 11) is 1.76. The van der Waals surface area contributed by atoms with Crippen LogP contribution in [-0.2, 0) is 16.1 Å². The highest BCUT2D eigenvalue weighted by Gasteiger charge is 2.07. The number of esters is 1. The van der Waals surface area contributed by atoms with Crippen molar-refractivity contribution in [1.29, 1.82) is 0 Å². The number of alkyl halides is 1. The molecular formula is C10H11Cl2NO2. The Kier molecular flexibility index (Phi) is 4.72. The molecule has 0 aliphatic heterocycles. The maximum Gasteiger partial charge on any atom is 0.321 e. The van der Waals surface area contributed by atoms with Gasteiger partial charge in [0.05, 0.1) is 10.7 Å². The van der Waals surface area contributed by atoms with Gasteiger partial charge in [0.15, 0.2) is 0 Å². The van der Waals surface area contributed by atoms with E-state index in [-0.39, 0.29) is 12.5 Å². The molecule has 1 aromatic rings. The summed E-state index contributed by atoms with van der Waals surface area (Å²) in [6.45, 7) is 0.169. The van der Waals surface area contributed by atoms with E-state index in [0.29, 0.717) is 5.02 Å². The summed E-state index contributed by atoms with van der Waals surface area (Å²) in [5.74, 6) is -0.589. The third-order valence-corrected chi connectivity index (χ3v) is 2.38. The van der Waals surface area contributed by atoms with Crippen LogP contribution in [0, 0.1) is 0 Å². The molecule has 1 rings (SSSR count). The fourth-order valence-corrected chi connectivity index (χ4v) is 1.53. The number of para-hydroxylation sites is 1. The van der Waals surface area contributed by atoms with Gasteiger partial charge in [0.25, 0.3) is 0 Å². The van der Waals surface area contributed by atoms with Crippen molar-refractivity contribution in [2.24, 2.45) is 0 Å². The summed E-state index contributed by atoms with van der Waals surface area (Å²) in [5.41, 5.74) is 1.59. The number of ether oxygens (including phenoxy) is 1. The van der Waals surface area contributed by atoms with Crippen LogP contribution in [0.25, 0.3) is 0 Å². The zero-order valence-electron chi connectivity index (χ0n) is 8.22. The minimum Gasteiger partial charge on any atom is -0.460 e. The Bertz CT molecular complexity index is 355. The van der Waals surface area contributed by atoms with E-state index in [2.05, 4.69) is 5.32 Å². The van der Waals surface area contributed by atoms with Crippen molar-refractivity contribution >= 4 is 34.9 Å². The second kappa shape index (κ2) is 5.83. The van der Waals surface area contributed by atoms with Crippen molar-refractivity contribution in [3.05, 3.63) is 28.8 Å². The third kappa shape index (κ3) is 3.29. The number of carbonyl (C=O) groups is 1. The summed E-state index contributed by atoms with van der Waals surface area (Å²) in [6, 6.07) is 5.40. The Hall–Kier alpha value is -0.930. The number of rotatable bonds is 4. The molecule has 1 aromatic carbocycles. The first kappa shape index (κ1) is 12.1. The van der Waals surface area contributed by atoms with Crippen LogP contribution < -0.4 is 5.32 Å². The highest BCUT2D eigenvalue weighted by molar-refractivity contribution is 6.33. The third-order valence-electron chi connectivity index (χ3n) is 1.85. The molecule has 82 valence electrons. The largest absolute Gasteiger partial charge is 0.460 e. The number of benzene rings is 1. The van der Waals surface area contributed by atoms with Crippen molar-refractivity contribution in [3.8, 4) is 0 Å². The zero-order valence-corrected chi connectivity index (χ0v) is 9.73. The molecule has 0 aliphatic carbocycles. The molecule has 1 N–H and O–H groups in total. The molecule has 0 saturated heterocycles. The maximum atomic E-state index is 10.9. The Labute approximate surface area is 98.3 Å². The molecule has 0 atom stereocenters. The Morgan fingerprint density at radius 3 is 2.87 bits per heavy atom. The first-order valence-electron chi connectivity index (χ1n) is 4.35. The average molecular weight is 248 g/mol. The first-order chi connectivity index (χ1) is 7.19. The van der Waals surface area contributed by atoms with Crippen LogP contribution in [0.5, 0.6) is 0 Å². The molecular weight excluding hydrogens is 237 g/mol. The quantitative estimate of drug-likeness (QED) is 0.657. The predicted molar refractivity (Wildman–Crippen MR) is 61.5 cm³/mol. The Morgan fingerprint density at radius 2 is 2.27 bits per heavy atom. The van der Waals surface area contributed by atoms with Crippen LogP contribution in [0.3, 0.4) is 0 Å². The van der Waals surface area contributed by atoms with E-state index in [0.717, 1.165) is 11.3 Å². The highest BCUT2D eigenvalue weighted by Crippen LogP contribution is 2.25. The molecule has 0 fully saturated rings. The normalized spacial score (nSPS) is 9.80. The van der Waals surface area contributed by atoms with E-state index in [1.165, 1.54) is 0 Å². The van der Waals surface area contributed by atoms with Gasteiger partial charge in [-0.15, -0.1) is 11.6 Å². The summed E-state index contributed by atoms with van der Waals surface area (Å²) < 4.78 is 4.91. The molecule has 0 radical (unpaired) electrons. The second-order valence-corrected chi connectivity index (χ2v) is 3.49. The predicted octanol–water partition coefficient (Wildman–Crippen LogP) is 2.66. The van der Waals surface area contributed by atoms with Gasteiger partial charge >= 0.3 is 5.97 Å². The Balaban J connectivity index is 2.76. The van der Waals surface area contributed by atoms with Crippen molar-refractivity contribution in [1.82, 2.24) is 0 Å². The van der Waals surface area contributed by atoms with Gasteiger partial charge in [-0.05, 0) is 6.07 Å². The highest BCUT2D eigenvalue weighted by atomic mass is 35.5. The van der Waals surface area contributed by atoms with Gasteiger partial charge < -0.3 is 10.1 Å². The summed E-state index contributed by atoms with van der Waals surface area (Å²) in [5, 5.41) is 3.54. The topological polar surface area (TPSA) is 38.3 Å². The van der Waals surface area contributed by atoms with Gasteiger partial charge in [-0.25, -0.2) is 0 Å². The minimum absolute atomic E-state index is 0.143. The van der Waals surface area contributed by atoms with Crippen LogP contribution in [0.2, 0.25) is 5.02 Å². The molecule has 0 aliphatic rings. The van der Waals surface area contributed by atoms with Crippen LogP contribution in [0.4, 0.5) is 5.69 Å². The van der Waals surface area contributed by atoms with Crippen LogP contribution in [-0.4, -0.2) is 18.9 Å². The molecule has 15 heavy (non-hydrogen) atoms. The summed E-state index contributed by atoms with van der Waals surface area (Å²) in [4.78, 5) is 10.9. The molecule has 0 bridgehead atoms. The lowest BCUT2D eigenvalue weighted by Gasteiger charge is -2.10. The van der Waals surface area contributed by atoms with E-state index in [4.69, 9.17) is 27.9 Å². The second-order valence-electron chi connectivity index (χ2n) is 2.82. The number of carbonyl (C=O) groups excluding carboxylic acids is 1. The molecule has 0 saturated carbocycles. The monoisotopic (exact) mass is 247 g/mol. The minimum atomic E-state index is -0.446. The van der Waals surface area contributed by atoms with Gasteiger partial charge in [0, 0.05) is 12.6 Å². The number of hydrogen-bond acceptors (Lipinski definition) is 3. The SMILES string of the molecule is CNc1c(Cl)cccc1COC(=O)CCl. The van der Waals surface area contributed by atoms with Crippen molar-refractivity contribution < 1.29 is 9.53 Å². The number of nitrogens with one attached hydrogen (secondary N) is 1. The Morgan fingerprint density at radius 1 is 1.53 bits per heavy atom. The van der Waals surface area contributed by atoms with Gasteiger partial charge in [-0.1, -0.05) is 23.7 Å². The lowest BCUT2D eigenvalue weighted by atomic mass is 10.2. The van der Waals surface area contributed by atoms with Crippen molar-refractivity contribution in [2.75, 3.05) is 18.2 Å². The lowest BCUT2D eigenvalue weighted by molar-refractivity contribution is -0.141. The van der Waals surface area contributed by atoms with Gasteiger partial charge in [-0.3, -0.25) is 4.79 Å². The molecule has 5 heteroatoms. The fraction of sp³-hybridized carbons (Fsp3) is 0.300. The van der Waals surface area contributed by atoms with Crippen molar-refractivity contribution in [2.45, 2.75) is 6.61 Å². The molecule has 0 aromatic heterocycles. The average Bonchev–Trinajstić information content (AvgIpc) is 2.25. The van der Waals surface area contributed by atoms with Crippen LogP contribution in [0.1, 0.15) is 5.56 Å². The molecule has 0 spiro atoms. The smallest absolute Gasteiger partial charge is 0.321 e. The van der Waals surface area contributed by atoms with Gasteiger partial charge in [-0.2, -0.15) is 0 Å². The van der Waals surface area contributed by atoms with E-state index < -0.39 is 5.97 Å². The fourth-order valence-electron chi connectivity index (χ4n) is 1.17. The van der Waals surface area contributed by atoms with E-state index in [1.807, 2.05) is 6.07 Å². The summed E-state index contributed by atoms with van der Waals surface area (Å²) >= 11 is 11.3. The van der Waals surface area contributed by atoms with Gasteiger partial charge in [0.1, 0.15) is 12.5 Å². The molecule has 0 heterocycles. The van der Waals surface area contributed by atoms with Crippen LogP contribution >= 0.6 is 23.2 Å². The number of hydrogen-bond donors (Lipinski definition) is 1. The lowest BCUT2D eigenvalue weighted by Crippen LogP contribution is -2.07. The van der Waals surface area contributed by atoms with Crippen LogP contribution in [0.15, 0.2) is 18.2 Å². The molecule has 0 unspecified atom stereocenters. The van der Waals surface area contributed by atoms with Gasteiger partial charge in [0.2, 0.25) is 0 Å².